The van der Waals surface area contributed by atoms with E-state index in [1.807, 2.05) is 24.3 Å². The van der Waals surface area contributed by atoms with Crippen molar-refractivity contribution in [1.29, 1.82) is 0 Å². The molecule has 2 aromatic carbocycles. The maximum Gasteiger partial charge on any atom is 0.270 e. The van der Waals surface area contributed by atoms with Crippen molar-refractivity contribution in [1.82, 2.24) is 14.0 Å². The van der Waals surface area contributed by atoms with E-state index in [0.717, 1.165) is 23.9 Å². The van der Waals surface area contributed by atoms with Gasteiger partial charge in [-0.25, -0.2) is 18.1 Å². The fourth-order valence-electron chi connectivity index (χ4n) is 3.37. The summed E-state index contributed by atoms with van der Waals surface area (Å²) in [5.74, 6) is 0.218. The molecule has 1 N–H and O–H groups in total. The number of benzene rings is 2. The number of sulfonamides is 1. The van der Waals surface area contributed by atoms with E-state index in [2.05, 4.69) is 17.3 Å². The number of piperidine rings is 1. The number of nitrogens with one attached hydrogen (secondary N) is 1. The highest BCUT2D eigenvalue weighted by Crippen LogP contribution is 2.23. The second kappa shape index (κ2) is 7.37. The van der Waals surface area contributed by atoms with Crippen LogP contribution in [0.3, 0.4) is 0 Å². The molecule has 0 saturated carbocycles. The topological polar surface area (TPSA) is 84.3 Å². The van der Waals surface area contributed by atoms with Crippen LogP contribution in [0.2, 0.25) is 0 Å². The molecule has 7 nitrogen and oxygen atoms in total. The Morgan fingerprint density at radius 3 is 2.46 bits per heavy atom. The number of para-hydroxylation sites is 2. The molecular weight excluding hydrogens is 376 g/mol. The van der Waals surface area contributed by atoms with E-state index in [1.165, 1.54) is 28.6 Å². The Morgan fingerprint density at radius 1 is 1.07 bits per heavy atom. The first-order chi connectivity index (χ1) is 13.4. The van der Waals surface area contributed by atoms with Gasteiger partial charge >= 0.3 is 0 Å². The number of hydrogen-bond donors (Lipinski definition) is 1. The van der Waals surface area contributed by atoms with Crippen LogP contribution in [0.4, 0.5) is 0 Å². The van der Waals surface area contributed by atoms with Crippen molar-refractivity contribution in [2.75, 3.05) is 18.5 Å². The SMILES string of the molecule is CC1CCN(S(=O)(=O)c2ccc(C(=O)Nn3cnc4ccccc43)cc2)CC1. The molecule has 1 aliphatic heterocycles. The van der Waals surface area contributed by atoms with Crippen LogP contribution in [0.1, 0.15) is 30.1 Å². The van der Waals surface area contributed by atoms with Crippen LogP contribution >= 0.6 is 0 Å². The predicted octanol–water partition coefficient (Wildman–Crippen LogP) is 2.84. The number of imidazole rings is 1. The molecule has 2 heterocycles. The van der Waals surface area contributed by atoms with E-state index < -0.39 is 10.0 Å². The van der Waals surface area contributed by atoms with Crippen LogP contribution in [0.25, 0.3) is 11.0 Å². The Hall–Kier alpha value is -2.71. The summed E-state index contributed by atoms with van der Waals surface area (Å²) in [7, 11) is -3.52. The molecule has 4 rings (SSSR count). The highest BCUT2D eigenvalue weighted by Gasteiger charge is 2.28. The molecule has 0 spiro atoms. The lowest BCUT2D eigenvalue weighted by Gasteiger charge is -2.29. The van der Waals surface area contributed by atoms with Gasteiger partial charge in [-0.1, -0.05) is 19.1 Å². The molecule has 1 saturated heterocycles. The number of aromatic nitrogens is 2. The Morgan fingerprint density at radius 2 is 1.75 bits per heavy atom. The van der Waals surface area contributed by atoms with Gasteiger partial charge in [0.2, 0.25) is 10.0 Å². The van der Waals surface area contributed by atoms with Crippen molar-refractivity contribution in [2.24, 2.45) is 5.92 Å². The lowest BCUT2D eigenvalue weighted by molar-refractivity contribution is 0.101. The smallest absolute Gasteiger partial charge is 0.267 e. The van der Waals surface area contributed by atoms with Crippen LogP contribution in [0, 0.1) is 5.92 Å². The number of carbonyl (C=O) groups is 1. The van der Waals surface area contributed by atoms with E-state index in [0.29, 0.717) is 24.6 Å². The Labute approximate surface area is 164 Å². The minimum atomic E-state index is -3.52. The van der Waals surface area contributed by atoms with E-state index in [1.54, 1.807) is 11.0 Å². The van der Waals surface area contributed by atoms with Gasteiger partial charge < -0.3 is 0 Å². The van der Waals surface area contributed by atoms with Crippen LogP contribution in [0.5, 0.6) is 0 Å². The first-order valence-corrected chi connectivity index (χ1v) is 10.7. The molecule has 0 radical (unpaired) electrons. The summed E-state index contributed by atoms with van der Waals surface area (Å²) in [6, 6.07) is 13.5. The zero-order valence-electron chi connectivity index (χ0n) is 15.6. The zero-order chi connectivity index (χ0) is 19.7. The lowest BCUT2D eigenvalue weighted by atomic mass is 10.0. The van der Waals surface area contributed by atoms with Crippen molar-refractivity contribution < 1.29 is 13.2 Å². The van der Waals surface area contributed by atoms with Gasteiger partial charge in [0.15, 0.2) is 0 Å². The van der Waals surface area contributed by atoms with Crippen LogP contribution in [-0.2, 0) is 10.0 Å². The Bertz CT molecular complexity index is 1100. The Kier molecular flexibility index (Phi) is 4.91. The van der Waals surface area contributed by atoms with Gasteiger partial charge in [0, 0.05) is 18.7 Å². The average molecular weight is 398 g/mol. The van der Waals surface area contributed by atoms with Gasteiger partial charge in [-0.3, -0.25) is 10.2 Å². The number of nitrogens with zero attached hydrogens (tertiary/aromatic N) is 3. The van der Waals surface area contributed by atoms with Crippen molar-refractivity contribution in [2.45, 2.75) is 24.7 Å². The summed E-state index contributed by atoms with van der Waals surface area (Å²) in [4.78, 5) is 17.0. The van der Waals surface area contributed by atoms with Crippen LogP contribution < -0.4 is 5.43 Å². The molecule has 1 amide bonds. The second-order valence-corrected chi connectivity index (χ2v) is 9.09. The summed E-state index contributed by atoms with van der Waals surface area (Å²) in [5, 5.41) is 0. The largest absolute Gasteiger partial charge is 0.270 e. The highest BCUT2D eigenvalue weighted by atomic mass is 32.2. The molecule has 146 valence electrons. The highest BCUT2D eigenvalue weighted by molar-refractivity contribution is 7.89. The minimum Gasteiger partial charge on any atom is -0.267 e. The minimum absolute atomic E-state index is 0.215. The second-order valence-electron chi connectivity index (χ2n) is 7.16. The summed E-state index contributed by atoms with van der Waals surface area (Å²) in [6.07, 6.45) is 3.29. The summed E-state index contributed by atoms with van der Waals surface area (Å²) in [5.41, 5.74) is 4.71. The fraction of sp³-hybridized carbons (Fsp3) is 0.300. The van der Waals surface area contributed by atoms with Crippen LogP contribution in [-0.4, -0.2) is 41.4 Å². The van der Waals surface area contributed by atoms with E-state index in [-0.39, 0.29) is 10.8 Å². The Balaban J connectivity index is 1.50. The van der Waals surface area contributed by atoms with Crippen molar-refractivity contribution in [3.8, 4) is 0 Å². The summed E-state index contributed by atoms with van der Waals surface area (Å²) >= 11 is 0. The number of rotatable bonds is 4. The van der Waals surface area contributed by atoms with E-state index in [9.17, 15) is 13.2 Å². The van der Waals surface area contributed by atoms with Crippen LogP contribution in [0.15, 0.2) is 59.8 Å². The third-order valence-corrected chi connectivity index (χ3v) is 7.09. The third-order valence-electron chi connectivity index (χ3n) is 5.17. The van der Waals surface area contributed by atoms with Gasteiger partial charge in [0.1, 0.15) is 6.33 Å². The summed E-state index contributed by atoms with van der Waals surface area (Å²) < 4.78 is 28.7. The first kappa shape index (κ1) is 18.6. The van der Waals surface area contributed by atoms with E-state index in [4.69, 9.17) is 0 Å². The molecule has 0 unspecified atom stereocenters. The van der Waals surface area contributed by atoms with Gasteiger partial charge in [-0.15, -0.1) is 0 Å². The first-order valence-electron chi connectivity index (χ1n) is 9.29. The monoisotopic (exact) mass is 398 g/mol. The molecular formula is C20H22N4O3S. The fourth-order valence-corrected chi connectivity index (χ4v) is 4.84. The molecule has 8 heteroatoms. The van der Waals surface area contributed by atoms with Crippen molar-refractivity contribution >= 4 is 27.0 Å². The zero-order valence-corrected chi connectivity index (χ0v) is 16.4. The molecule has 1 fully saturated rings. The van der Waals surface area contributed by atoms with Gasteiger partial charge in [0.25, 0.3) is 5.91 Å². The van der Waals surface area contributed by atoms with Crippen molar-refractivity contribution in [3.63, 3.8) is 0 Å². The standard InChI is InChI=1S/C20H22N4O3S/c1-15-10-12-23(13-11-15)28(26,27)17-8-6-16(7-9-17)20(25)22-24-14-21-18-4-2-3-5-19(18)24/h2-9,14-15H,10-13H2,1H3,(H,22,25). The number of amides is 1. The third kappa shape index (κ3) is 3.53. The molecule has 0 bridgehead atoms. The molecule has 3 aromatic rings. The molecule has 1 aliphatic rings. The van der Waals surface area contributed by atoms with Gasteiger partial charge in [-0.05, 0) is 55.2 Å². The molecule has 0 aliphatic carbocycles. The normalized spacial score (nSPS) is 16.3. The average Bonchev–Trinajstić information content (AvgIpc) is 3.11. The lowest BCUT2D eigenvalue weighted by Crippen LogP contribution is -2.37. The van der Waals surface area contributed by atoms with E-state index >= 15 is 0 Å². The maximum absolute atomic E-state index is 12.8. The molecule has 28 heavy (non-hydrogen) atoms. The number of carbonyl (C=O) groups excluding carboxylic acids is 1. The number of hydrogen-bond acceptors (Lipinski definition) is 4. The molecule has 1 aromatic heterocycles. The summed E-state index contributed by atoms with van der Waals surface area (Å²) in [6.45, 7) is 3.22. The quantitative estimate of drug-likeness (QED) is 0.732. The van der Waals surface area contributed by atoms with Crippen molar-refractivity contribution in [3.05, 3.63) is 60.4 Å². The molecule has 0 atom stereocenters. The number of fused-ring (bicyclic) bond motifs is 1. The van der Waals surface area contributed by atoms with Gasteiger partial charge in [0.05, 0.1) is 15.9 Å². The predicted molar refractivity (Wildman–Crippen MR) is 107 cm³/mol. The maximum atomic E-state index is 12.8. The van der Waals surface area contributed by atoms with Gasteiger partial charge in [-0.2, -0.15) is 4.31 Å².